The summed E-state index contributed by atoms with van der Waals surface area (Å²) in [6.45, 7) is 0. The van der Waals surface area contributed by atoms with Gasteiger partial charge in [0.25, 0.3) is 0 Å². The second-order valence-electron chi connectivity index (χ2n) is 4.49. The Morgan fingerprint density at radius 1 is 1.28 bits per heavy atom. The summed E-state index contributed by atoms with van der Waals surface area (Å²) >= 11 is 5.52. The monoisotopic (exact) mass is 297 g/mol. The molecule has 0 heterocycles. The fourth-order valence-electron chi connectivity index (χ4n) is 2.12. The predicted octanol–water partition coefficient (Wildman–Crippen LogP) is 3.20. The number of rotatable bonds is 3. The summed E-state index contributed by atoms with van der Waals surface area (Å²) in [5.74, 6) is -1.57. The highest BCUT2D eigenvalue weighted by Crippen LogP contribution is 2.35. The van der Waals surface area contributed by atoms with E-state index in [-0.39, 0.29) is 28.9 Å². The largest absolute Gasteiger partial charge is 0.391 e. The Balaban J connectivity index is 0.00000162. The van der Waals surface area contributed by atoms with E-state index in [9.17, 15) is 13.9 Å². The first-order valence-electron chi connectivity index (χ1n) is 5.59. The quantitative estimate of drug-likeness (QED) is 0.900. The van der Waals surface area contributed by atoms with E-state index < -0.39 is 23.8 Å². The third-order valence-corrected chi connectivity index (χ3v) is 3.60. The molecule has 1 aliphatic rings. The van der Waals surface area contributed by atoms with Crippen LogP contribution >= 0.6 is 24.0 Å². The maximum absolute atomic E-state index is 13.6. The number of benzene rings is 1. The van der Waals surface area contributed by atoms with Gasteiger partial charge in [0.1, 0.15) is 11.6 Å². The number of aliphatic hydroxyl groups is 1. The van der Waals surface area contributed by atoms with Gasteiger partial charge in [0.2, 0.25) is 0 Å². The Morgan fingerprint density at radius 2 is 1.78 bits per heavy atom. The second kappa shape index (κ2) is 6.15. The van der Waals surface area contributed by atoms with E-state index in [1.54, 1.807) is 0 Å². The highest BCUT2D eigenvalue weighted by Gasteiger charge is 2.33. The molecule has 0 aromatic heterocycles. The average molecular weight is 298 g/mol. The van der Waals surface area contributed by atoms with E-state index in [2.05, 4.69) is 0 Å². The van der Waals surface area contributed by atoms with Gasteiger partial charge in [-0.1, -0.05) is 18.0 Å². The molecule has 1 saturated carbocycles. The molecule has 0 radical (unpaired) electrons. The SMILES string of the molecule is Cl.N[C@H](c1c(F)cc(Cl)cc1F)[C@@H](O)C1CCC1. The van der Waals surface area contributed by atoms with Crippen LogP contribution in [0, 0.1) is 17.6 Å². The summed E-state index contributed by atoms with van der Waals surface area (Å²) in [6, 6.07) is 0.971. The summed E-state index contributed by atoms with van der Waals surface area (Å²) in [5.41, 5.74) is 5.44. The van der Waals surface area contributed by atoms with E-state index >= 15 is 0 Å². The van der Waals surface area contributed by atoms with Crippen molar-refractivity contribution in [1.82, 2.24) is 0 Å². The van der Waals surface area contributed by atoms with Gasteiger partial charge < -0.3 is 10.8 Å². The molecule has 102 valence electrons. The lowest BCUT2D eigenvalue weighted by Crippen LogP contribution is -2.37. The van der Waals surface area contributed by atoms with Crippen molar-refractivity contribution < 1.29 is 13.9 Å². The number of halogens is 4. The molecule has 2 atom stereocenters. The van der Waals surface area contributed by atoms with E-state index in [4.69, 9.17) is 17.3 Å². The van der Waals surface area contributed by atoms with Crippen molar-refractivity contribution in [2.45, 2.75) is 31.4 Å². The van der Waals surface area contributed by atoms with Crippen LogP contribution in [0.15, 0.2) is 12.1 Å². The average Bonchev–Trinajstić information content (AvgIpc) is 2.12. The van der Waals surface area contributed by atoms with Gasteiger partial charge in [0.05, 0.1) is 12.1 Å². The molecule has 1 aliphatic carbocycles. The van der Waals surface area contributed by atoms with Gasteiger partial charge in [-0.25, -0.2) is 8.78 Å². The molecule has 6 heteroatoms. The topological polar surface area (TPSA) is 46.2 Å². The lowest BCUT2D eigenvalue weighted by molar-refractivity contribution is 0.0395. The van der Waals surface area contributed by atoms with Crippen LogP contribution in [0.2, 0.25) is 5.02 Å². The predicted molar refractivity (Wildman–Crippen MR) is 68.9 cm³/mol. The number of aliphatic hydroxyl groups excluding tert-OH is 1. The maximum Gasteiger partial charge on any atom is 0.132 e. The Morgan fingerprint density at radius 3 is 2.17 bits per heavy atom. The molecule has 0 aliphatic heterocycles. The zero-order valence-electron chi connectivity index (χ0n) is 9.57. The molecule has 2 rings (SSSR count). The molecule has 2 nitrogen and oxygen atoms in total. The molecular formula is C12H15Cl2F2NO. The van der Waals surface area contributed by atoms with Crippen LogP contribution in [-0.2, 0) is 0 Å². The molecule has 3 N–H and O–H groups in total. The third kappa shape index (κ3) is 2.94. The van der Waals surface area contributed by atoms with Crippen molar-refractivity contribution in [3.63, 3.8) is 0 Å². The summed E-state index contributed by atoms with van der Waals surface area (Å²) in [6.07, 6.45) is 1.83. The Kier molecular flexibility index (Phi) is 5.34. The molecule has 0 saturated heterocycles. The summed E-state index contributed by atoms with van der Waals surface area (Å²) in [5, 5.41) is 9.90. The summed E-state index contributed by atoms with van der Waals surface area (Å²) < 4.78 is 27.2. The first-order chi connectivity index (χ1) is 8.00. The molecule has 1 fully saturated rings. The van der Waals surface area contributed by atoms with Crippen LogP contribution in [0.4, 0.5) is 8.78 Å². The molecule has 0 unspecified atom stereocenters. The minimum absolute atomic E-state index is 0. The van der Waals surface area contributed by atoms with E-state index in [0.29, 0.717) is 0 Å². The standard InChI is InChI=1S/C12H14ClF2NO.ClH/c13-7-4-8(14)10(9(15)5-7)11(16)12(17)6-2-1-3-6;/h4-6,11-12,17H,1-3,16H2;1H/t11-,12+;/m1./s1. The van der Waals surface area contributed by atoms with Crippen molar-refractivity contribution in [3.8, 4) is 0 Å². The molecule has 1 aromatic rings. The van der Waals surface area contributed by atoms with Crippen molar-refractivity contribution in [2.24, 2.45) is 11.7 Å². The van der Waals surface area contributed by atoms with Gasteiger partial charge in [-0.15, -0.1) is 12.4 Å². The van der Waals surface area contributed by atoms with Crippen LogP contribution in [-0.4, -0.2) is 11.2 Å². The first kappa shape index (κ1) is 15.6. The smallest absolute Gasteiger partial charge is 0.132 e. The minimum atomic E-state index is -1.04. The van der Waals surface area contributed by atoms with Crippen molar-refractivity contribution >= 4 is 24.0 Å². The molecule has 0 amide bonds. The number of hydrogen-bond donors (Lipinski definition) is 2. The van der Waals surface area contributed by atoms with Gasteiger partial charge in [-0.05, 0) is 30.9 Å². The minimum Gasteiger partial charge on any atom is -0.391 e. The molecular weight excluding hydrogens is 283 g/mol. The highest BCUT2D eigenvalue weighted by molar-refractivity contribution is 6.30. The van der Waals surface area contributed by atoms with Crippen LogP contribution in [0.25, 0.3) is 0 Å². The maximum atomic E-state index is 13.6. The highest BCUT2D eigenvalue weighted by atomic mass is 35.5. The Bertz CT molecular complexity index is 404. The molecule has 0 bridgehead atoms. The fourth-order valence-corrected chi connectivity index (χ4v) is 2.31. The fraction of sp³-hybridized carbons (Fsp3) is 0.500. The van der Waals surface area contributed by atoms with E-state index in [1.807, 2.05) is 0 Å². The van der Waals surface area contributed by atoms with Crippen molar-refractivity contribution in [3.05, 3.63) is 34.4 Å². The summed E-state index contributed by atoms with van der Waals surface area (Å²) in [7, 11) is 0. The van der Waals surface area contributed by atoms with Crippen LogP contribution < -0.4 is 5.73 Å². The van der Waals surface area contributed by atoms with Crippen LogP contribution in [0.3, 0.4) is 0 Å². The van der Waals surface area contributed by atoms with Gasteiger partial charge in [0.15, 0.2) is 0 Å². The number of hydrogen-bond acceptors (Lipinski definition) is 2. The van der Waals surface area contributed by atoms with E-state index in [0.717, 1.165) is 31.4 Å². The zero-order valence-corrected chi connectivity index (χ0v) is 11.1. The normalized spacial score (nSPS) is 18.7. The summed E-state index contributed by atoms with van der Waals surface area (Å²) in [4.78, 5) is 0. The number of nitrogens with two attached hydrogens (primary N) is 1. The van der Waals surface area contributed by atoms with Crippen LogP contribution in [0.5, 0.6) is 0 Å². The molecule has 1 aromatic carbocycles. The van der Waals surface area contributed by atoms with Crippen molar-refractivity contribution in [2.75, 3.05) is 0 Å². The molecule has 18 heavy (non-hydrogen) atoms. The third-order valence-electron chi connectivity index (χ3n) is 3.38. The first-order valence-corrected chi connectivity index (χ1v) is 5.96. The van der Waals surface area contributed by atoms with Crippen LogP contribution in [0.1, 0.15) is 30.9 Å². The Hall–Kier alpha value is -0.420. The van der Waals surface area contributed by atoms with Gasteiger partial charge in [-0.3, -0.25) is 0 Å². The lowest BCUT2D eigenvalue weighted by Gasteiger charge is -2.34. The lowest BCUT2D eigenvalue weighted by atomic mass is 9.77. The van der Waals surface area contributed by atoms with Crippen molar-refractivity contribution in [1.29, 1.82) is 0 Å². The van der Waals surface area contributed by atoms with E-state index in [1.165, 1.54) is 0 Å². The van der Waals surface area contributed by atoms with Gasteiger partial charge in [0, 0.05) is 10.6 Å². The second-order valence-corrected chi connectivity index (χ2v) is 4.93. The zero-order chi connectivity index (χ0) is 12.6. The molecule has 0 spiro atoms. The Labute approximate surface area is 116 Å². The van der Waals surface area contributed by atoms with Gasteiger partial charge >= 0.3 is 0 Å². The van der Waals surface area contributed by atoms with Gasteiger partial charge in [-0.2, -0.15) is 0 Å².